The average Bonchev–Trinajstić information content (AvgIpc) is 2.81. The second kappa shape index (κ2) is 11.4. The molecule has 8 nitrogen and oxygen atoms in total. The minimum Gasteiger partial charge on any atom is -0.494 e. The Bertz CT molecular complexity index is 946. The van der Waals surface area contributed by atoms with Crippen LogP contribution in [0, 0.1) is 12.8 Å². The van der Waals surface area contributed by atoms with Crippen molar-refractivity contribution in [1.29, 1.82) is 0 Å². The number of carbonyl (C=O) groups excluding carboxylic acids is 1. The molecule has 1 saturated heterocycles. The molecule has 2 aromatic rings. The zero-order chi connectivity index (χ0) is 22.9. The molecule has 0 aliphatic carbocycles. The van der Waals surface area contributed by atoms with Crippen molar-refractivity contribution in [3.05, 3.63) is 53.2 Å². The first-order valence-electron chi connectivity index (χ1n) is 11.2. The van der Waals surface area contributed by atoms with Gasteiger partial charge in [0.1, 0.15) is 11.6 Å². The number of nitrogens with one attached hydrogen (secondary N) is 2. The number of pyridine rings is 1. The van der Waals surface area contributed by atoms with Gasteiger partial charge in [0.05, 0.1) is 12.5 Å². The van der Waals surface area contributed by atoms with Crippen molar-refractivity contribution in [3.63, 3.8) is 0 Å². The quantitative estimate of drug-likeness (QED) is 0.432. The van der Waals surface area contributed by atoms with E-state index in [1.54, 1.807) is 13.2 Å². The number of anilines is 1. The molecule has 172 valence electrons. The molecular weight excluding hydrogens is 404 g/mol. The van der Waals surface area contributed by atoms with Crippen LogP contribution < -0.4 is 26.0 Å². The molecule has 2 heterocycles. The third-order valence-electron chi connectivity index (χ3n) is 5.63. The van der Waals surface area contributed by atoms with Crippen LogP contribution in [-0.4, -0.2) is 43.6 Å². The summed E-state index contributed by atoms with van der Waals surface area (Å²) in [6.07, 6.45) is 3.55. The van der Waals surface area contributed by atoms with Gasteiger partial charge >= 0.3 is 0 Å². The smallest absolute Gasteiger partial charge is 0.222 e. The Morgan fingerprint density at radius 1 is 1.28 bits per heavy atom. The first-order valence-corrected chi connectivity index (χ1v) is 11.2. The number of ether oxygens (including phenoxy) is 1. The fraction of sp³-hybridized carbons (Fsp3) is 0.458. The summed E-state index contributed by atoms with van der Waals surface area (Å²) in [5.74, 6) is 2.10. The Morgan fingerprint density at radius 2 is 2.06 bits per heavy atom. The van der Waals surface area contributed by atoms with Gasteiger partial charge in [0.25, 0.3) is 0 Å². The van der Waals surface area contributed by atoms with Gasteiger partial charge in [-0.1, -0.05) is 18.2 Å². The van der Waals surface area contributed by atoms with Crippen LogP contribution in [0.15, 0.2) is 41.5 Å². The maximum atomic E-state index is 11.7. The van der Waals surface area contributed by atoms with Gasteiger partial charge in [0.2, 0.25) is 5.91 Å². The molecule has 1 fully saturated rings. The minimum absolute atomic E-state index is 0.130. The first-order chi connectivity index (χ1) is 15.5. The molecular formula is C24H34N6O2. The van der Waals surface area contributed by atoms with Gasteiger partial charge in [-0.05, 0) is 44.4 Å². The van der Waals surface area contributed by atoms with Gasteiger partial charge in [-0.3, -0.25) is 9.79 Å². The Labute approximate surface area is 190 Å². The van der Waals surface area contributed by atoms with Crippen molar-refractivity contribution in [2.75, 3.05) is 31.6 Å². The molecule has 0 radical (unpaired) electrons. The van der Waals surface area contributed by atoms with Crippen molar-refractivity contribution in [2.24, 2.45) is 16.6 Å². The normalized spacial score (nSPS) is 16.5. The number of guanidine groups is 1. The van der Waals surface area contributed by atoms with Gasteiger partial charge in [-0.15, -0.1) is 0 Å². The molecule has 1 unspecified atom stereocenters. The highest BCUT2D eigenvalue weighted by atomic mass is 16.5. The number of carbonyl (C=O) groups is 1. The topological polar surface area (TPSA) is 105 Å². The van der Waals surface area contributed by atoms with Crippen LogP contribution in [0.4, 0.5) is 5.82 Å². The molecule has 32 heavy (non-hydrogen) atoms. The first kappa shape index (κ1) is 23.4. The number of hydrogen-bond acceptors (Lipinski definition) is 5. The lowest BCUT2D eigenvalue weighted by atomic mass is 9.97. The monoisotopic (exact) mass is 438 g/mol. The van der Waals surface area contributed by atoms with Gasteiger partial charge < -0.3 is 26.0 Å². The largest absolute Gasteiger partial charge is 0.494 e. The Morgan fingerprint density at radius 3 is 2.78 bits per heavy atom. The third kappa shape index (κ3) is 6.12. The van der Waals surface area contributed by atoms with Crippen molar-refractivity contribution in [2.45, 2.75) is 39.8 Å². The second-order valence-corrected chi connectivity index (χ2v) is 8.00. The predicted octanol–water partition coefficient (Wildman–Crippen LogP) is 2.36. The number of benzene rings is 1. The van der Waals surface area contributed by atoms with E-state index in [2.05, 4.69) is 50.6 Å². The Kier molecular flexibility index (Phi) is 8.30. The molecule has 1 amide bonds. The molecule has 0 saturated carbocycles. The number of aliphatic imine (C=N–C) groups is 1. The molecule has 1 aliphatic heterocycles. The number of piperidine rings is 1. The molecule has 4 N–H and O–H groups in total. The van der Waals surface area contributed by atoms with E-state index < -0.39 is 0 Å². The fourth-order valence-electron chi connectivity index (χ4n) is 3.93. The molecule has 3 rings (SSSR count). The summed E-state index contributed by atoms with van der Waals surface area (Å²) in [6.45, 7) is 7.31. The maximum Gasteiger partial charge on any atom is 0.222 e. The van der Waals surface area contributed by atoms with Crippen LogP contribution >= 0.6 is 0 Å². The number of amides is 1. The van der Waals surface area contributed by atoms with E-state index in [0.29, 0.717) is 32.2 Å². The molecule has 0 bridgehead atoms. The van der Waals surface area contributed by atoms with Crippen LogP contribution in [0.1, 0.15) is 36.5 Å². The zero-order valence-electron chi connectivity index (χ0n) is 19.2. The molecule has 0 spiro atoms. The molecule has 1 aromatic carbocycles. The zero-order valence-corrected chi connectivity index (χ0v) is 19.2. The lowest BCUT2D eigenvalue weighted by Crippen LogP contribution is -2.42. The highest BCUT2D eigenvalue weighted by Crippen LogP contribution is 2.24. The highest BCUT2D eigenvalue weighted by molar-refractivity contribution is 5.80. The van der Waals surface area contributed by atoms with E-state index in [-0.39, 0.29) is 11.8 Å². The van der Waals surface area contributed by atoms with Gasteiger partial charge in [0, 0.05) is 50.6 Å². The Hall–Kier alpha value is -3.29. The summed E-state index contributed by atoms with van der Waals surface area (Å²) < 4.78 is 5.77. The average molecular weight is 439 g/mol. The van der Waals surface area contributed by atoms with Crippen molar-refractivity contribution in [3.8, 4) is 5.75 Å². The van der Waals surface area contributed by atoms with Crippen LogP contribution in [0.2, 0.25) is 0 Å². The van der Waals surface area contributed by atoms with Crippen LogP contribution in [0.5, 0.6) is 5.75 Å². The van der Waals surface area contributed by atoms with Crippen LogP contribution in [0.3, 0.4) is 0 Å². The summed E-state index contributed by atoms with van der Waals surface area (Å²) in [5, 5.41) is 6.73. The summed E-state index contributed by atoms with van der Waals surface area (Å²) in [6, 6.07) is 10.2. The SMILES string of the molecule is CCOc1cc(C)ccc1CNC(=NC)NCc1cccnc1N1CCCC(C(N)=O)C1. The Balaban J connectivity index is 1.63. The van der Waals surface area contributed by atoms with Gasteiger partial charge in [0.15, 0.2) is 5.96 Å². The highest BCUT2D eigenvalue weighted by Gasteiger charge is 2.26. The number of nitrogens with two attached hydrogens (primary N) is 1. The van der Waals surface area contributed by atoms with E-state index in [4.69, 9.17) is 10.5 Å². The molecule has 1 aliphatic rings. The summed E-state index contributed by atoms with van der Waals surface area (Å²) in [4.78, 5) is 22.8. The second-order valence-electron chi connectivity index (χ2n) is 8.00. The van der Waals surface area contributed by atoms with E-state index in [1.807, 2.05) is 19.1 Å². The summed E-state index contributed by atoms with van der Waals surface area (Å²) in [7, 11) is 1.75. The van der Waals surface area contributed by atoms with Crippen LogP contribution in [-0.2, 0) is 17.9 Å². The number of primary amides is 1. The number of rotatable bonds is 8. The lowest BCUT2D eigenvalue weighted by molar-refractivity contribution is -0.122. The summed E-state index contributed by atoms with van der Waals surface area (Å²) in [5.41, 5.74) is 8.84. The number of aryl methyl sites for hydroxylation is 1. The van der Waals surface area contributed by atoms with E-state index in [1.165, 1.54) is 5.56 Å². The third-order valence-corrected chi connectivity index (χ3v) is 5.63. The minimum atomic E-state index is -0.238. The van der Waals surface area contributed by atoms with Crippen molar-refractivity contribution < 1.29 is 9.53 Å². The molecule has 8 heteroatoms. The van der Waals surface area contributed by atoms with E-state index in [9.17, 15) is 4.79 Å². The van der Waals surface area contributed by atoms with Gasteiger partial charge in [-0.25, -0.2) is 4.98 Å². The maximum absolute atomic E-state index is 11.7. The van der Waals surface area contributed by atoms with Crippen molar-refractivity contribution >= 4 is 17.7 Å². The van der Waals surface area contributed by atoms with Gasteiger partial charge in [-0.2, -0.15) is 0 Å². The molecule has 1 atom stereocenters. The fourth-order valence-corrected chi connectivity index (χ4v) is 3.93. The number of hydrogen-bond donors (Lipinski definition) is 3. The molecule has 1 aromatic heterocycles. The standard InChI is InChI=1S/C24H34N6O2/c1-4-32-21-13-17(2)9-10-18(21)14-28-24(26-3)29-15-19-7-5-11-27-23(19)30-12-6-8-20(16-30)22(25)31/h5,7,9-11,13,20H,4,6,8,12,14-16H2,1-3H3,(H2,25,31)(H2,26,28,29). The lowest BCUT2D eigenvalue weighted by Gasteiger charge is -2.33. The predicted molar refractivity (Wildman–Crippen MR) is 128 cm³/mol. The number of aromatic nitrogens is 1. The van der Waals surface area contributed by atoms with Crippen molar-refractivity contribution in [1.82, 2.24) is 15.6 Å². The van der Waals surface area contributed by atoms with Crippen LogP contribution in [0.25, 0.3) is 0 Å². The number of nitrogens with zero attached hydrogens (tertiary/aromatic N) is 3. The van der Waals surface area contributed by atoms with E-state index >= 15 is 0 Å². The summed E-state index contributed by atoms with van der Waals surface area (Å²) >= 11 is 0. The van der Waals surface area contributed by atoms with E-state index in [0.717, 1.165) is 42.1 Å².